The van der Waals surface area contributed by atoms with Gasteiger partial charge in [0, 0.05) is 0 Å². The molecule has 3 aromatic rings. The van der Waals surface area contributed by atoms with Crippen molar-refractivity contribution in [1.82, 2.24) is 15.2 Å². The highest BCUT2D eigenvalue weighted by Gasteiger charge is 2.16. The van der Waals surface area contributed by atoms with Gasteiger partial charge >= 0.3 is 0 Å². The first-order valence-corrected chi connectivity index (χ1v) is 6.64. The van der Waals surface area contributed by atoms with Gasteiger partial charge in [0.05, 0.1) is 11.6 Å². The summed E-state index contributed by atoms with van der Waals surface area (Å²) >= 11 is 0. The molecule has 0 saturated heterocycles. The monoisotopic (exact) mass is 282 g/mol. The molecule has 1 atom stereocenters. The molecule has 0 radical (unpaired) electrons. The van der Waals surface area contributed by atoms with E-state index in [4.69, 9.17) is 5.73 Å². The summed E-state index contributed by atoms with van der Waals surface area (Å²) in [4.78, 5) is 4.31. The Bertz CT molecular complexity index is 749. The Labute approximate surface area is 121 Å². The minimum atomic E-state index is -0.418. The van der Waals surface area contributed by atoms with Gasteiger partial charge in [-0.1, -0.05) is 42.0 Å². The fourth-order valence-corrected chi connectivity index (χ4v) is 2.11. The van der Waals surface area contributed by atoms with Crippen molar-refractivity contribution in [3.63, 3.8) is 0 Å². The molecule has 0 aliphatic carbocycles. The number of nitrogens with one attached hydrogen (secondary N) is 1. The van der Waals surface area contributed by atoms with Gasteiger partial charge in [0.15, 0.2) is 5.82 Å². The van der Waals surface area contributed by atoms with E-state index in [9.17, 15) is 4.39 Å². The zero-order valence-electron chi connectivity index (χ0n) is 11.5. The van der Waals surface area contributed by atoms with Gasteiger partial charge in [0.25, 0.3) is 0 Å². The number of aromatic amines is 1. The van der Waals surface area contributed by atoms with Crippen LogP contribution < -0.4 is 5.73 Å². The van der Waals surface area contributed by atoms with Gasteiger partial charge in [0.2, 0.25) is 0 Å². The molecule has 3 N–H and O–H groups in total. The van der Waals surface area contributed by atoms with Crippen molar-refractivity contribution in [1.29, 1.82) is 0 Å². The van der Waals surface area contributed by atoms with E-state index >= 15 is 0 Å². The second-order valence-corrected chi connectivity index (χ2v) is 4.91. The van der Waals surface area contributed by atoms with Crippen molar-refractivity contribution in [2.75, 3.05) is 0 Å². The second kappa shape index (κ2) is 5.46. The number of hydrogen-bond donors (Lipinski definition) is 2. The van der Waals surface area contributed by atoms with Crippen LogP contribution in [0.15, 0.2) is 48.5 Å². The first-order valence-electron chi connectivity index (χ1n) is 6.64. The predicted molar refractivity (Wildman–Crippen MR) is 79.0 cm³/mol. The molecular weight excluding hydrogens is 267 g/mol. The maximum atomic E-state index is 13.7. The van der Waals surface area contributed by atoms with E-state index in [1.54, 1.807) is 18.2 Å². The summed E-state index contributed by atoms with van der Waals surface area (Å²) in [5.41, 5.74) is 8.62. The normalized spacial score (nSPS) is 12.3. The molecule has 21 heavy (non-hydrogen) atoms. The fourth-order valence-electron chi connectivity index (χ4n) is 2.11. The Hall–Kier alpha value is -2.53. The zero-order valence-corrected chi connectivity index (χ0v) is 11.5. The van der Waals surface area contributed by atoms with Gasteiger partial charge in [-0.2, -0.15) is 5.10 Å². The van der Waals surface area contributed by atoms with Crippen LogP contribution in [0, 0.1) is 12.7 Å². The molecule has 0 amide bonds. The lowest BCUT2D eigenvalue weighted by Crippen LogP contribution is -2.13. The Morgan fingerprint density at radius 3 is 2.52 bits per heavy atom. The summed E-state index contributed by atoms with van der Waals surface area (Å²) in [7, 11) is 0. The quantitative estimate of drug-likeness (QED) is 0.776. The number of aryl methyl sites for hydroxylation is 1. The van der Waals surface area contributed by atoms with E-state index in [1.165, 1.54) is 6.07 Å². The van der Waals surface area contributed by atoms with Crippen LogP contribution >= 0.6 is 0 Å². The third kappa shape index (κ3) is 2.68. The summed E-state index contributed by atoms with van der Waals surface area (Å²) in [6.45, 7) is 2.01. The number of benzene rings is 2. The molecule has 0 saturated carbocycles. The summed E-state index contributed by atoms with van der Waals surface area (Å²) in [6, 6.07) is 13.9. The van der Waals surface area contributed by atoms with Crippen LogP contribution in [0.4, 0.5) is 4.39 Å². The molecule has 106 valence electrons. The molecule has 2 aromatic carbocycles. The summed E-state index contributed by atoms with van der Waals surface area (Å²) in [5, 5.41) is 6.85. The van der Waals surface area contributed by atoms with Crippen LogP contribution in [0.25, 0.3) is 11.4 Å². The molecule has 4 nitrogen and oxygen atoms in total. The molecule has 0 aliphatic rings. The number of aromatic nitrogens is 3. The highest BCUT2D eigenvalue weighted by molar-refractivity contribution is 5.55. The van der Waals surface area contributed by atoms with E-state index in [2.05, 4.69) is 15.2 Å². The maximum absolute atomic E-state index is 13.7. The number of halogens is 1. The first kappa shape index (κ1) is 13.5. The lowest BCUT2D eigenvalue weighted by molar-refractivity contribution is 0.630. The first-order chi connectivity index (χ1) is 10.1. The standard InChI is InChI=1S/C16H15FN4/c1-10-6-8-11(9-7-10)14(18)16-19-15(20-21-16)12-4-2-3-5-13(12)17/h2-9,14H,18H2,1H3,(H,19,20,21)/t14-/m0/s1. The number of H-pyrrole nitrogens is 1. The highest BCUT2D eigenvalue weighted by atomic mass is 19.1. The highest BCUT2D eigenvalue weighted by Crippen LogP contribution is 2.22. The molecule has 0 bridgehead atoms. The summed E-state index contributed by atoms with van der Waals surface area (Å²) in [6.07, 6.45) is 0. The summed E-state index contributed by atoms with van der Waals surface area (Å²) < 4.78 is 13.7. The number of nitrogens with two attached hydrogens (primary N) is 1. The fraction of sp³-hybridized carbons (Fsp3) is 0.125. The minimum Gasteiger partial charge on any atom is -0.318 e. The van der Waals surface area contributed by atoms with Gasteiger partial charge in [-0.05, 0) is 24.6 Å². The van der Waals surface area contributed by atoms with Crippen molar-refractivity contribution in [3.8, 4) is 11.4 Å². The lowest BCUT2D eigenvalue weighted by Gasteiger charge is -2.08. The molecule has 0 fully saturated rings. The minimum absolute atomic E-state index is 0.311. The van der Waals surface area contributed by atoms with Crippen molar-refractivity contribution in [2.45, 2.75) is 13.0 Å². The molecule has 0 unspecified atom stereocenters. The van der Waals surface area contributed by atoms with Gasteiger partial charge in [-0.15, -0.1) is 0 Å². The van der Waals surface area contributed by atoms with Crippen LogP contribution in [0.2, 0.25) is 0 Å². The zero-order chi connectivity index (χ0) is 14.8. The Balaban J connectivity index is 1.91. The van der Waals surface area contributed by atoms with Crippen LogP contribution in [0.3, 0.4) is 0 Å². The molecule has 0 spiro atoms. The van der Waals surface area contributed by atoms with Gasteiger partial charge in [-0.3, -0.25) is 5.10 Å². The largest absolute Gasteiger partial charge is 0.318 e. The maximum Gasteiger partial charge on any atom is 0.184 e. The van der Waals surface area contributed by atoms with E-state index < -0.39 is 6.04 Å². The number of nitrogens with zero attached hydrogens (tertiary/aromatic N) is 2. The third-order valence-electron chi connectivity index (χ3n) is 3.35. The smallest absolute Gasteiger partial charge is 0.184 e. The van der Waals surface area contributed by atoms with Gasteiger partial charge in [-0.25, -0.2) is 9.37 Å². The molecule has 0 aliphatic heterocycles. The van der Waals surface area contributed by atoms with Crippen molar-refractivity contribution < 1.29 is 4.39 Å². The SMILES string of the molecule is Cc1ccc([C@H](N)c2nc(-c3ccccc3F)n[nH]2)cc1. The topological polar surface area (TPSA) is 67.6 Å². The molecule has 1 heterocycles. The van der Waals surface area contributed by atoms with Gasteiger partial charge < -0.3 is 5.73 Å². The van der Waals surface area contributed by atoms with Crippen LogP contribution in [0.5, 0.6) is 0 Å². The van der Waals surface area contributed by atoms with Crippen molar-refractivity contribution >= 4 is 0 Å². The number of rotatable bonds is 3. The van der Waals surface area contributed by atoms with Crippen LogP contribution in [-0.2, 0) is 0 Å². The lowest BCUT2D eigenvalue weighted by atomic mass is 10.1. The van der Waals surface area contributed by atoms with Gasteiger partial charge in [0.1, 0.15) is 11.6 Å². The van der Waals surface area contributed by atoms with Crippen molar-refractivity contribution in [3.05, 3.63) is 71.3 Å². The van der Waals surface area contributed by atoms with Crippen LogP contribution in [0.1, 0.15) is 23.0 Å². The second-order valence-electron chi connectivity index (χ2n) is 4.91. The average Bonchev–Trinajstić information content (AvgIpc) is 2.97. The van der Waals surface area contributed by atoms with E-state index in [-0.39, 0.29) is 5.82 Å². The number of hydrogen-bond acceptors (Lipinski definition) is 3. The molecule has 5 heteroatoms. The van der Waals surface area contributed by atoms with E-state index in [1.807, 2.05) is 31.2 Å². The Morgan fingerprint density at radius 2 is 1.81 bits per heavy atom. The molecular formula is C16H15FN4. The Kier molecular flexibility index (Phi) is 3.50. The van der Waals surface area contributed by atoms with E-state index in [0.717, 1.165) is 11.1 Å². The Morgan fingerprint density at radius 1 is 1.10 bits per heavy atom. The van der Waals surface area contributed by atoms with E-state index in [0.29, 0.717) is 17.2 Å². The average molecular weight is 282 g/mol. The molecule has 3 rings (SSSR count). The van der Waals surface area contributed by atoms with Crippen LogP contribution in [-0.4, -0.2) is 15.2 Å². The van der Waals surface area contributed by atoms with Crippen molar-refractivity contribution in [2.24, 2.45) is 5.73 Å². The summed E-state index contributed by atoms with van der Waals surface area (Å²) in [5.74, 6) is 0.467. The third-order valence-corrected chi connectivity index (χ3v) is 3.35. The predicted octanol–water partition coefficient (Wildman–Crippen LogP) is 2.97. The molecule has 1 aromatic heterocycles.